The van der Waals surface area contributed by atoms with Crippen LogP contribution in [0.5, 0.6) is 0 Å². The minimum Gasteiger partial charge on any atom is -0.305 e. The summed E-state index contributed by atoms with van der Waals surface area (Å²) in [5, 5.41) is 8.63. The Labute approximate surface area is 105 Å². The molecule has 4 heteroatoms. The van der Waals surface area contributed by atoms with Gasteiger partial charge < -0.3 is 4.90 Å². The third kappa shape index (κ3) is 1.69. The molecule has 1 aromatic rings. The molecule has 0 saturated heterocycles. The summed E-state index contributed by atoms with van der Waals surface area (Å²) in [4.78, 5) is 7.68. The molecule has 2 aliphatic rings. The van der Waals surface area contributed by atoms with Crippen molar-refractivity contribution in [2.45, 2.75) is 11.3 Å². The van der Waals surface area contributed by atoms with Crippen molar-refractivity contribution in [1.29, 1.82) is 5.41 Å². The van der Waals surface area contributed by atoms with E-state index in [0.717, 1.165) is 41.4 Å². The maximum absolute atomic E-state index is 8.05. The second kappa shape index (κ2) is 4.04. The lowest BCUT2D eigenvalue weighted by atomic mass is 10.1. The monoisotopic (exact) mass is 243 g/mol. The molecule has 1 N–H and O–H groups in total. The van der Waals surface area contributed by atoms with Gasteiger partial charge in [0.2, 0.25) is 0 Å². The Kier molecular flexibility index (Phi) is 2.52. The number of aliphatic imine (C=N–C) groups is 1. The quantitative estimate of drug-likeness (QED) is 0.823. The van der Waals surface area contributed by atoms with Crippen LogP contribution in [-0.2, 0) is 0 Å². The summed E-state index contributed by atoms with van der Waals surface area (Å²) in [6.07, 6.45) is 2.87. The van der Waals surface area contributed by atoms with E-state index in [0.29, 0.717) is 5.17 Å². The molecule has 0 amide bonds. The van der Waals surface area contributed by atoms with Crippen molar-refractivity contribution >= 4 is 28.8 Å². The van der Waals surface area contributed by atoms with Crippen LogP contribution in [0.1, 0.15) is 17.5 Å². The Morgan fingerprint density at radius 2 is 2.35 bits per heavy atom. The van der Waals surface area contributed by atoms with Crippen molar-refractivity contribution in [2.24, 2.45) is 4.99 Å². The molecular formula is C13H13N3S. The van der Waals surface area contributed by atoms with Crippen molar-refractivity contribution in [1.82, 2.24) is 4.90 Å². The van der Waals surface area contributed by atoms with Gasteiger partial charge in [0.15, 0.2) is 5.17 Å². The average Bonchev–Trinajstić information content (AvgIpc) is 2.38. The predicted octanol–water partition coefficient (Wildman–Crippen LogP) is 2.82. The van der Waals surface area contributed by atoms with Gasteiger partial charge in [0.1, 0.15) is 5.84 Å². The first-order valence-corrected chi connectivity index (χ1v) is 6.46. The Morgan fingerprint density at radius 3 is 3.18 bits per heavy atom. The van der Waals surface area contributed by atoms with Crippen molar-refractivity contribution < 1.29 is 0 Å². The maximum atomic E-state index is 8.05. The molecule has 0 bridgehead atoms. The van der Waals surface area contributed by atoms with Gasteiger partial charge in [-0.25, -0.2) is 0 Å². The fraction of sp³-hybridized carbons (Fsp3) is 0.231. The highest BCUT2D eigenvalue weighted by atomic mass is 32.2. The number of amidine groups is 2. The van der Waals surface area contributed by atoms with Gasteiger partial charge in [0, 0.05) is 23.5 Å². The van der Waals surface area contributed by atoms with E-state index in [1.165, 1.54) is 11.8 Å². The molecule has 3 rings (SSSR count). The van der Waals surface area contributed by atoms with Gasteiger partial charge >= 0.3 is 0 Å². The lowest BCUT2D eigenvalue weighted by Crippen LogP contribution is -2.42. The standard InChI is InChI=1S/C13H13N3S/c1-2-9-4-5-10-11(8-9)17-13(14)16-7-3-6-15-12(10)16/h2,4-5,8,14H,1,3,6-7H2. The van der Waals surface area contributed by atoms with E-state index >= 15 is 0 Å². The third-order valence-electron chi connectivity index (χ3n) is 2.99. The molecule has 0 fully saturated rings. The lowest BCUT2D eigenvalue weighted by molar-refractivity contribution is 0.552. The van der Waals surface area contributed by atoms with Crippen LogP contribution in [0.2, 0.25) is 0 Å². The van der Waals surface area contributed by atoms with Crippen LogP contribution in [0, 0.1) is 5.41 Å². The minimum absolute atomic E-state index is 0.581. The second-order valence-electron chi connectivity index (χ2n) is 4.08. The van der Waals surface area contributed by atoms with Crippen LogP contribution in [0.25, 0.3) is 6.08 Å². The molecular weight excluding hydrogens is 230 g/mol. The molecule has 0 aliphatic carbocycles. The highest BCUT2D eigenvalue weighted by molar-refractivity contribution is 8.14. The summed E-state index contributed by atoms with van der Waals surface area (Å²) in [6.45, 7) is 5.55. The number of fused-ring (bicyclic) bond motifs is 3. The van der Waals surface area contributed by atoms with E-state index in [4.69, 9.17) is 5.41 Å². The molecule has 0 saturated carbocycles. The Morgan fingerprint density at radius 1 is 1.47 bits per heavy atom. The fourth-order valence-corrected chi connectivity index (χ4v) is 3.09. The highest BCUT2D eigenvalue weighted by Gasteiger charge is 2.28. The van der Waals surface area contributed by atoms with E-state index in [1.54, 1.807) is 0 Å². The van der Waals surface area contributed by atoms with Gasteiger partial charge in [-0.1, -0.05) is 30.5 Å². The molecule has 2 aliphatic heterocycles. The summed E-state index contributed by atoms with van der Waals surface area (Å²) in [5.41, 5.74) is 2.24. The number of thioether (sulfide) groups is 1. The Hall–Kier alpha value is -1.55. The summed E-state index contributed by atoms with van der Waals surface area (Å²) in [7, 11) is 0. The second-order valence-corrected chi connectivity index (χ2v) is 5.11. The fourth-order valence-electron chi connectivity index (χ4n) is 2.13. The zero-order valence-corrected chi connectivity index (χ0v) is 10.3. The van der Waals surface area contributed by atoms with Gasteiger partial charge in [-0.15, -0.1) is 0 Å². The number of hydrogen-bond acceptors (Lipinski definition) is 3. The molecule has 3 nitrogen and oxygen atoms in total. The first-order chi connectivity index (χ1) is 8.29. The van der Waals surface area contributed by atoms with Crippen LogP contribution in [-0.4, -0.2) is 29.0 Å². The normalized spacial score (nSPS) is 18.2. The molecule has 0 unspecified atom stereocenters. The molecule has 1 aromatic carbocycles. The van der Waals surface area contributed by atoms with E-state index in [9.17, 15) is 0 Å². The summed E-state index contributed by atoms with van der Waals surface area (Å²) >= 11 is 1.51. The third-order valence-corrected chi connectivity index (χ3v) is 3.96. The molecule has 86 valence electrons. The van der Waals surface area contributed by atoms with Crippen LogP contribution >= 0.6 is 11.8 Å². The predicted molar refractivity (Wildman–Crippen MR) is 72.8 cm³/mol. The van der Waals surface area contributed by atoms with Gasteiger partial charge in [-0.3, -0.25) is 10.4 Å². The first-order valence-electron chi connectivity index (χ1n) is 5.65. The van der Waals surface area contributed by atoms with Crippen molar-refractivity contribution in [3.63, 3.8) is 0 Å². The number of rotatable bonds is 1. The molecule has 0 aromatic heterocycles. The Bertz CT molecular complexity index is 533. The van der Waals surface area contributed by atoms with E-state index < -0.39 is 0 Å². The van der Waals surface area contributed by atoms with Crippen molar-refractivity contribution in [3.05, 3.63) is 35.9 Å². The van der Waals surface area contributed by atoms with Gasteiger partial charge in [-0.2, -0.15) is 0 Å². The Balaban J connectivity index is 2.14. The first kappa shape index (κ1) is 10.6. The number of nitrogens with zero attached hydrogens (tertiary/aromatic N) is 2. The van der Waals surface area contributed by atoms with E-state index in [1.807, 2.05) is 11.0 Å². The summed E-state index contributed by atoms with van der Waals surface area (Å²) < 4.78 is 0. The minimum atomic E-state index is 0.581. The number of benzene rings is 1. The molecule has 2 heterocycles. The number of hydrogen-bond donors (Lipinski definition) is 1. The summed E-state index contributed by atoms with van der Waals surface area (Å²) in [5.74, 6) is 0.964. The van der Waals surface area contributed by atoms with E-state index in [2.05, 4.69) is 29.8 Å². The zero-order valence-electron chi connectivity index (χ0n) is 9.44. The number of nitrogens with one attached hydrogen (secondary N) is 1. The topological polar surface area (TPSA) is 39.5 Å². The van der Waals surface area contributed by atoms with Crippen LogP contribution in [0.15, 0.2) is 34.7 Å². The van der Waals surface area contributed by atoms with Crippen molar-refractivity contribution in [2.75, 3.05) is 13.1 Å². The molecule has 17 heavy (non-hydrogen) atoms. The van der Waals surface area contributed by atoms with Crippen LogP contribution < -0.4 is 0 Å². The van der Waals surface area contributed by atoms with E-state index in [-0.39, 0.29) is 0 Å². The maximum Gasteiger partial charge on any atom is 0.166 e. The van der Waals surface area contributed by atoms with Crippen LogP contribution in [0.4, 0.5) is 0 Å². The van der Waals surface area contributed by atoms with Gasteiger partial charge in [0.05, 0.1) is 0 Å². The SMILES string of the molecule is C=Cc1ccc2c(c1)SC(=N)N1CCCN=C21. The largest absolute Gasteiger partial charge is 0.305 e. The zero-order chi connectivity index (χ0) is 11.8. The molecule has 0 atom stereocenters. The smallest absolute Gasteiger partial charge is 0.166 e. The van der Waals surface area contributed by atoms with Gasteiger partial charge in [-0.05, 0) is 24.1 Å². The highest BCUT2D eigenvalue weighted by Crippen LogP contribution is 2.34. The lowest BCUT2D eigenvalue weighted by Gasteiger charge is -2.34. The van der Waals surface area contributed by atoms with Crippen molar-refractivity contribution in [3.8, 4) is 0 Å². The molecule has 0 spiro atoms. The van der Waals surface area contributed by atoms with Crippen LogP contribution in [0.3, 0.4) is 0 Å². The molecule has 0 radical (unpaired) electrons. The van der Waals surface area contributed by atoms with Gasteiger partial charge in [0.25, 0.3) is 0 Å². The average molecular weight is 243 g/mol. The summed E-state index contributed by atoms with van der Waals surface area (Å²) in [6, 6.07) is 6.22.